The van der Waals surface area contributed by atoms with Crippen molar-refractivity contribution in [2.24, 2.45) is 17.8 Å². The minimum Gasteiger partial charge on any atom is -0.389 e. The molecule has 2 fully saturated rings. The molecule has 2 saturated carbocycles. The van der Waals surface area contributed by atoms with Crippen molar-refractivity contribution in [3.63, 3.8) is 0 Å². The van der Waals surface area contributed by atoms with Gasteiger partial charge < -0.3 is 20.8 Å². The van der Waals surface area contributed by atoms with Crippen LogP contribution in [0.1, 0.15) is 90.5 Å². The normalized spacial score (nSPS) is 20.0. The van der Waals surface area contributed by atoms with Crippen LogP contribution in [0.25, 0.3) is 0 Å². The molecule has 1 aromatic carbocycles. The molecule has 2 aliphatic rings. The van der Waals surface area contributed by atoms with Crippen LogP contribution in [-0.2, 0) is 16.0 Å². The Morgan fingerprint density at radius 3 is 2.23 bits per heavy atom. The molecule has 7 heteroatoms. The minimum atomic E-state index is -1.16. The summed E-state index contributed by atoms with van der Waals surface area (Å²) in [6.45, 7) is 6.43. The zero-order valence-electron chi connectivity index (χ0n) is 24.6. The van der Waals surface area contributed by atoms with Gasteiger partial charge in [-0.05, 0) is 36.7 Å². The van der Waals surface area contributed by atoms with E-state index in [4.69, 9.17) is 6.42 Å². The van der Waals surface area contributed by atoms with Gasteiger partial charge in [0, 0.05) is 16.9 Å². The van der Waals surface area contributed by atoms with E-state index in [2.05, 4.69) is 37.3 Å². The fourth-order valence-corrected chi connectivity index (χ4v) is 6.51. The molecule has 222 valence electrons. The summed E-state index contributed by atoms with van der Waals surface area (Å²) < 4.78 is 0.0156. The predicted molar refractivity (Wildman–Crippen MR) is 164 cm³/mol. The molecule has 0 bridgehead atoms. The van der Waals surface area contributed by atoms with E-state index in [-0.39, 0.29) is 28.9 Å². The van der Waals surface area contributed by atoms with E-state index in [1.165, 1.54) is 6.42 Å². The van der Waals surface area contributed by atoms with Gasteiger partial charge in [-0.2, -0.15) is 11.8 Å². The Morgan fingerprint density at radius 1 is 0.975 bits per heavy atom. The van der Waals surface area contributed by atoms with Crippen molar-refractivity contribution >= 4 is 23.6 Å². The number of amides is 2. The van der Waals surface area contributed by atoms with E-state index in [1.54, 1.807) is 11.8 Å². The van der Waals surface area contributed by atoms with Gasteiger partial charge in [0.25, 0.3) is 0 Å². The Labute approximate surface area is 245 Å². The van der Waals surface area contributed by atoms with Gasteiger partial charge in [-0.1, -0.05) is 96.0 Å². The van der Waals surface area contributed by atoms with Gasteiger partial charge in [-0.15, -0.1) is 12.3 Å². The first-order valence-electron chi connectivity index (χ1n) is 15.1. The number of rotatable bonds is 15. The second-order valence-electron chi connectivity index (χ2n) is 12.9. The van der Waals surface area contributed by atoms with Crippen LogP contribution < -0.4 is 10.6 Å². The zero-order valence-corrected chi connectivity index (χ0v) is 25.4. The number of terminal acetylenes is 1. The number of hydrogen-bond donors (Lipinski definition) is 4. The molecule has 0 aromatic heterocycles. The number of thioether (sulfide) groups is 1. The van der Waals surface area contributed by atoms with Crippen LogP contribution in [0.3, 0.4) is 0 Å². The van der Waals surface area contributed by atoms with Gasteiger partial charge >= 0.3 is 0 Å². The first-order valence-corrected chi connectivity index (χ1v) is 16.1. The molecule has 2 aliphatic carbocycles. The van der Waals surface area contributed by atoms with Gasteiger partial charge in [0.05, 0.1) is 18.1 Å². The van der Waals surface area contributed by atoms with Crippen LogP contribution in [0.4, 0.5) is 0 Å². The van der Waals surface area contributed by atoms with Crippen molar-refractivity contribution in [3.05, 3.63) is 35.9 Å². The summed E-state index contributed by atoms with van der Waals surface area (Å²) in [5.41, 5.74) is 1.10. The maximum atomic E-state index is 13.7. The van der Waals surface area contributed by atoms with Crippen molar-refractivity contribution < 1.29 is 19.8 Å². The molecular weight excluding hydrogens is 520 g/mol. The lowest BCUT2D eigenvalue weighted by molar-refractivity contribution is -0.132. The molecular formula is C33H50N2O4S. The van der Waals surface area contributed by atoms with E-state index in [1.807, 2.05) is 30.3 Å². The number of aliphatic hydroxyl groups is 2. The van der Waals surface area contributed by atoms with Crippen molar-refractivity contribution in [2.75, 3.05) is 5.75 Å². The molecule has 6 nitrogen and oxygen atoms in total. The third kappa shape index (κ3) is 11.5. The summed E-state index contributed by atoms with van der Waals surface area (Å²) in [4.78, 5) is 27.4. The quantitative estimate of drug-likeness (QED) is 0.226. The molecule has 40 heavy (non-hydrogen) atoms. The molecule has 1 aromatic rings. The van der Waals surface area contributed by atoms with Crippen molar-refractivity contribution in [3.8, 4) is 12.3 Å². The number of nitrogens with one attached hydrogen (secondary N) is 2. The highest BCUT2D eigenvalue weighted by Crippen LogP contribution is 2.34. The van der Waals surface area contributed by atoms with Gasteiger partial charge in [0.1, 0.15) is 12.1 Å². The number of hydrogen-bond acceptors (Lipinski definition) is 5. The number of aliphatic hydroxyl groups excluding tert-OH is 2. The van der Waals surface area contributed by atoms with E-state index in [0.29, 0.717) is 36.9 Å². The third-order valence-corrected chi connectivity index (χ3v) is 9.52. The second-order valence-corrected chi connectivity index (χ2v) is 14.7. The van der Waals surface area contributed by atoms with E-state index >= 15 is 0 Å². The average molecular weight is 571 g/mol. The van der Waals surface area contributed by atoms with Crippen molar-refractivity contribution in [1.29, 1.82) is 0 Å². The smallest absolute Gasteiger partial charge is 0.242 e. The first-order chi connectivity index (χ1) is 19.1. The minimum absolute atomic E-state index is 0.0156. The highest BCUT2D eigenvalue weighted by molar-refractivity contribution is 8.00. The van der Waals surface area contributed by atoms with Crippen molar-refractivity contribution in [1.82, 2.24) is 10.6 Å². The lowest BCUT2D eigenvalue weighted by Crippen LogP contribution is -2.56. The van der Waals surface area contributed by atoms with E-state index in [0.717, 1.165) is 44.1 Å². The molecule has 0 saturated heterocycles. The predicted octanol–water partition coefficient (Wildman–Crippen LogP) is 4.86. The summed E-state index contributed by atoms with van der Waals surface area (Å²) in [5.74, 6) is 3.20. The molecule has 0 radical (unpaired) electrons. The Bertz CT molecular complexity index is 963. The topological polar surface area (TPSA) is 98.7 Å². The lowest BCUT2D eigenvalue weighted by Gasteiger charge is -2.33. The molecule has 0 aliphatic heterocycles. The van der Waals surface area contributed by atoms with E-state index < -0.39 is 24.3 Å². The number of carbonyl (C=O) groups excluding carboxylic acids is 2. The average Bonchev–Trinajstić information content (AvgIpc) is 3.74. The summed E-state index contributed by atoms with van der Waals surface area (Å²) in [6, 6.07) is 8.72. The molecule has 0 heterocycles. The Hall–Kier alpha value is -2.01. The molecule has 0 unspecified atom stereocenters. The standard InChI is InChI=1S/C33H50N2O4S/c1-5-12-29(36)30(37)27(20-24-15-10-7-11-16-24)34-32(39)28(21-25-17-18-25)35-31(38)26(22-40-33(2,3)4)19-23-13-8-6-9-14-23/h1,6,8-9,13-14,24-30,36-37H,7,10-12,15-22H2,2-4H3,(H,34,39)(H,35,38)/t26-,27+,28+,29+,30-/m1/s1. The maximum Gasteiger partial charge on any atom is 0.242 e. The number of carbonyl (C=O) groups is 2. The summed E-state index contributed by atoms with van der Waals surface area (Å²) in [5, 5.41) is 27.6. The fourth-order valence-electron chi connectivity index (χ4n) is 5.54. The second kappa shape index (κ2) is 15.8. The van der Waals surface area contributed by atoms with Gasteiger partial charge in [-0.3, -0.25) is 9.59 Å². The molecule has 4 N–H and O–H groups in total. The zero-order chi connectivity index (χ0) is 29.1. The highest BCUT2D eigenvalue weighted by Gasteiger charge is 2.36. The first kappa shape index (κ1) is 32.5. The van der Waals surface area contributed by atoms with Crippen LogP contribution in [0.2, 0.25) is 0 Å². The summed E-state index contributed by atoms with van der Waals surface area (Å²) in [6.07, 6.45) is 12.7. The van der Waals surface area contributed by atoms with Crippen LogP contribution >= 0.6 is 11.8 Å². The molecule has 2 amide bonds. The molecule has 5 atom stereocenters. The molecule has 3 rings (SSSR count). The SMILES string of the molecule is C#CC[C@H](O)[C@H](O)[C@H](CC1CCCCC1)NC(=O)[C@H](CC1CC1)NC(=O)[C@@H](CSC(C)(C)C)Cc1ccccc1. The third-order valence-electron chi connectivity index (χ3n) is 8.09. The number of benzene rings is 1. The van der Waals surface area contributed by atoms with Crippen molar-refractivity contribution in [2.45, 2.75) is 120 Å². The summed E-state index contributed by atoms with van der Waals surface area (Å²) in [7, 11) is 0. The Morgan fingerprint density at radius 2 is 1.62 bits per heavy atom. The van der Waals surface area contributed by atoms with E-state index in [9.17, 15) is 19.8 Å². The highest BCUT2D eigenvalue weighted by atomic mass is 32.2. The fraction of sp³-hybridized carbons (Fsp3) is 0.697. The molecule has 0 spiro atoms. The summed E-state index contributed by atoms with van der Waals surface area (Å²) >= 11 is 1.75. The van der Waals surface area contributed by atoms with Crippen LogP contribution in [0.15, 0.2) is 30.3 Å². The van der Waals surface area contributed by atoms with Gasteiger partial charge in [0.2, 0.25) is 11.8 Å². The van der Waals surface area contributed by atoms with Crippen LogP contribution in [0.5, 0.6) is 0 Å². The van der Waals surface area contributed by atoms with Gasteiger partial charge in [-0.25, -0.2) is 0 Å². The van der Waals surface area contributed by atoms with Crippen LogP contribution in [-0.4, -0.2) is 56.8 Å². The lowest BCUT2D eigenvalue weighted by atomic mass is 9.82. The van der Waals surface area contributed by atoms with Gasteiger partial charge in [0.15, 0.2) is 0 Å². The maximum absolute atomic E-state index is 13.7. The van der Waals surface area contributed by atoms with Crippen LogP contribution in [0, 0.1) is 30.1 Å². The Balaban J connectivity index is 1.73. The Kier molecular flexibility index (Phi) is 12.9. The largest absolute Gasteiger partial charge is 0.389 e. The monoisotopic (exact) mass is 570 g/mol.